The molecule has 0 spiro atoms. The Kier molecular flexibility index (Phi) is 9.93. The van der Waals surface area contributed by atoms with Crippen LogP contribution in [-0.4, -0.2) is 76.6 Å². The molecule has 2 N–H and O–H groups in total. The van der Waals surface area contributed by atoms with Crippen molar-refractivity contribution < 1.29 is 14.2 Å². The smallest absolute Gasteiger partial charge is 0.191 e. The van der Waals surface area contributed by atoms with Crippen molar-refractivity contribution in [3.8, 4) is 11.5 Å². The van der Waals surface area contributed by atoms with Gasteiger partial charge in [0, 0.05) is 45.4 Å². The van der Waals surface area contributed by atoms with E-state index < -0.39 is 0 Å². The van der Waals surface area contributed by atoms with Crippen molar-refractivity contribution in [2.24, 2.45) is 4.99 Å². The fourth-order valence-electron chi connectivity index (χ4n) is 3.20. The molecule has 1 heterocycles. The van der Waals surface area contributed by atoms with Crippen LogP contribution in [0.5, 0.6) is 11.5 Å². The van der Waals surface area contributed by atoms with Gasteiger partial charge in [0.05, 0.1) is 20.3 Å². The van der Waals surface area contributed by atoms with Crippen LogP contribution in [0.1, 0.15) is 26.7 Å². The number of nitrogens with zero attached hydrogens (tertiary/aromatic N) is 2. The van der Waals surface area contributed by atoms with Gasteiger partial charge >= 0.3 is 0 Å². The van der Waals surface area contributed by atoms with Crippen LogP contribution in [0.4, 0.5) is 0 Å². The van der Waals surface area contributed by atoms with Gasteiger partial charge in [-0.15, -0.1) is 0 Å². The van der Waals surface area contributed by atoms with Gasteiger partial charge in [0.25, 0.3) is 0 Å². The summed E-state index contributed by atoms with van der Waals surface area (Å²) < 4.78 is 16.4. The lowest BCUT2D eigenvalue weighted by Gasteiger charge is -2.32. The summed E-state index contributed by atoms with van der Waals surface area (Å²) in [5.74, 6) is 2.45. The molecule has 1 aromatic carbocycles. The van der Waals surface area contributed by atoms with Gasteiger partial charge in [0.2, 0.25) is 0 Å². The highest BCUT2D eigenvalue weighted by atomic mass is 16.5. The number of guanidine groups is 1. The molecule has 1 fully saturated rings. The zero-order valence-corrected chi connectivity index (χ0v) is 17.7. The number of rotatable bonds is 10. The number of piperidine rings is 1. The molecule has 158 valence electrons. The van der Waals surface area contributed by atoms with Gasteiger partial charge in [0.1, 0.15) is 17.6 Å². The van der Waals surface area contributed by atoms with Crippen LogP contribution in [0, 0.1) is 0 Å². The zero-order chi connectivity index (χ0) is 20.2. The van der Waals surface area contributed by atoms with Gasteiger partial charge in [-0.2, -0.15) is 0 Å². The predicted octanol–water partition coefficient (Wildman–Crippen LogP) is 2.13. The molecule has 0 radical (unpaired) electrons. The zero-order valence-electron chi connectivity index (χ0n) is 17.7. The van der Waals surface area contributed by atoms with Crippen LogP contribution in [0.15, 0.2) is 29.3 Å². The van der Waals surface area contributed by atoms with Crippen LogP contribution in [0.25, 0.3) is 0 Å². The average molecular weight is 393 g/mol. The lowest BCUT2D eigenvalue weighted by Crippen LogP contribution is -2.49. The third-order valence-electron chi connectivity index (χ3n) is 4.77. The molecule has 1 aliphatic heterocycles. The molecule has 1 unspecified atom stereocenters. The van der Waals surface area contributed by atoms with E-state index in [0.29, 0.717) is 12.6 Å². The third kappa shape index (κ3) is 7.94. The van der Waals surface area contributed by atoms with Gasteiger partial charge < -0.3 is 29.7 Å². The average Bonchev–Trinajstić information content (AvgIpc) is 2.72. The molecule has 1 aliphatic rings. The molecule has 7 heteroatoms. The summed E-state index contributed by atoms with van der Waals surface area (Å²) in [7, 11) is 3.41. The first-order valence-electron chi connectivity index (χ1n) is 10.2. The van der Waals surface area contributed by atoms with Crippen molar-refractivity contribution in [1.29, 1.82) is 0 Å². The van der Waals surface area contributed by atoms with Crippen molar-refractivity contribution in [1.82, 2.24) is 15.5 Å². The first kappa shape index (κ1) is 22.3. The van der Waals surface area contributed by atoms with E-state index in [0.717, 1.165) is 63.1 Å². The van der Waals surface area contributed by atoms with Crippen molar-refractivity contribution in [2.45, 2.75) is 38.8 Å². The maximum Gasteiger partial charge on any atom is 0.191 e. The molecule has 0 amide bonds. The number of ether oxygens (including phenoxy) is 3. The highest BCUT2D eigenvalue weighted by molar-refractivity contribution is 5.80. The first-order valence-corrected chi connectivity index (χ1v) is 10.2. The van der Waals surface area contributed by atoms with Crippen LogP contribution < -0.4 is 20.1 Å². The van der Waals surface area contributed by atoms with E-state index >= 15 is 0 Å². The first-order chi connectivity index (χ1) is 13.6. The second-order valence-corrected chi connectivity index (χ2v) is 7.08. The normalized spacial score (nSPS) is 17.2. The lowest BCUT2D eigenvalue weighted by atomic mass is 10.1. The van der Waals surface area contributed by atoms with Crippen LogP contribution in [-0.2, 0) is 4.74 Å². The summed E-state index contributed by atoms with van der Waals surface area (Å²) in [6.07, 6.45) is 2.20. The Labute approximate surface area is 169 Å². The summed E-state index contributed by atoms with van der Waals surface area (Å²) in [5.41, 5.74) is 0. The standard InChI is InChI=1S/C21H36N4O3/c1-5-22-21(24-18-9-11-25(12-10-18)13-14-26-3)23-16-17(2)28-20-8-6-7-19(15-20)27-4/h6-8,15,17-18H,5,9-14,16H2,1-4H3,(H2,22,23,24). The number of methoxy groups -OCH3 is 2. The number of hydrogen-bond donors (Lipinski definition) is 2. The Bertz CT molecular complexity index is 589. The Hall–Kier alpha value is -1.99. The highest BCUT2D eigenvalue weighted by Crippen LogP contribution is 2.20. The molecular weight excluding hydrogens is 356 g/mol. The molecule has 0 aliphatic carbocycles. The number of nitrogens with one attached hydrogen (secondary N) is 2. The molecule has 1 aromatic rings. The lowest BCUT2D eigenvalue weighted by molar-refractivity contribution is 0.128. The van der Waals surface area contributed by atoms with Crippen molar-refractivity contribution in [3.63, 3.8) is 0 Å². The van der Waals surface area contributed by atoms with E-state index in [1.54, 1.807) is 14.2 Å². The van der Waals surface area contributed by atoms with Crippen LogP contribution in [0.2, 0.25) is 0 Å². The Morgan fingerprint density at radius 3 is 2.68 bits per heavy atom. The SMILES string of the molecule is CCNC(=NCC(C)Oc1cccc(OC)c1)NC1CCN(CCOC)CC1. The third-order valence-corrected chi connectivity index (χ3v) is 4.77. The topological polar surface area (TPSA) is 67.4 Å². The highest BCUT2D eigenvalue weighted by Gasteiger charge is 2.19. The van der Waals surface area contributed by atoms with Gasteiger partial charge in [-0.25, -0.2) is 4.99 Å². The van der Waals surface area contributed by atoms with E-state index in [4.69, 9.17) is 19.2 Å². The molecule has 0 aromatic heterocycles. The maximum absolute atomic E-state index is 5.97. The summed E-state index contributed by atoms with van der Waals surface area (Å²) in [5, 5.41) is 6.92. The molecule has 28 heavy (non-hydrogen) atoms. The van der Waals surface area contributed by atoms with E-state index in [9.17, 15) is 0 Å². The minimum atomic E-state index is -0.0292. The summed E-state index contributed by atoms with van der Waals surface area (Å²) >= 11 is 0. The van der Waals surface area contributed by atoms with Gasteiger partial charge in [0.15, 0.2) is 5.96 Å². The molecule has 7 nitrogen and oxygen atoms in total. The van der Waals surface area contributed by atoms with Gasteiger partial charge in [-0.05, 0) is 38.8 Å². The van der Waals surface area contributed by atoms with Crippen molar-refractivity contribution in [3.05, 3.63) is 24.3 Å². The monoisotopic (exact) mass is 392 g/mol. The fraction of sp³-hybridized carbons (Fsp3) is 0.667. The van der Waals surface area contributed by atoms with Crippen molar-refractivity contribution >= 4 is 5.96 Å². The fourth-order valence-corrected chi connectivity index (χ4v) is 3.20. The largest absolute Gasteiger partial charge is 0.497 e. The van der Waals surface area contributed by atoms with E-state index in [-0.39, 0.29) is 6.10 Å². The number of likely N-dealkylation sites (tertiary alicyclic amines) is 1. The molecule has 0 saturated carbocycles. The maximum atomic E-state index is 5.97. The van der Waals surface area contributed by atoms with Gasteiger partial charge in [-0.1, -0.05) is 6.07 Å². The summed E-state index contributed by atoms with van der Waals surface area (Å²) in [4.78, 5) is 7.17. The number of hydrogen-bond acceptors (Lipinski definition) is 5. The minimum Gasteiger partial charge on any atom is -0.497 e. The number of aliphatic imine (C=N–C) groups is 1. The molecular formula is C21H36N4O3. The van der Waals surface area contributed by atoms with E-state index in [1.807, 2.05) is 31.2 Å². The van der Waals surface area contributed by atoms with E-state index in [2.05, 4.69) is 22.5 Å². The molecule has 2 rings (SSSR count). The van der Waals surface area contributed by atoms with Crippen LogP contribution >= 0.6 is 0 Å². The minimum absolute atomic E-state index is 0.0292. The quantitative estimate of drug-likeness (QED) is 0.470. The van der Waals surface area contributed by atoms with E-state index in [1.165, 1.54) is 0 Å². The molecule has 1 atom stereocenters. The Morgan fingerprint density at radius 2 is 2.00 bits per heavy atom. The molecule has 0 bridgehead atoms. The van der Waals surface area contributed by atoms with Crippen LogP contribution in [0.3, 0.4) is 0 Å². The molecule has 1 saturated heterocycles. The Morgan fingerprint density at radius 1 is 1.25 bits per heavy atom. The summed E-state index contributed by atoms with van der Waals surface area (Å²) in [6.45, 7) is 9.53. The second-order valence-electron chi connectivity index (χ2n) is 7.08. The summed E-state index contributed by atoms with van der Waals surface area (Å²) in [6, 6.07) is 8.11. The van der Waals surface area contributed by atoms with Crippen molar-refractivity contribution in [2.75, 3.05) is 53.6 Å². The Balaban J connectivity index is 1.81. The second kappa shape index (κ2) is 12.5. The van der Waals surface area contributed by atoms with Gasteiger partial charge in [-0.3, -0.25) is 0 Å². The number of benzene rings is 1. The predicted molar refractivity (Wildman–Crippen MR) is 114 cm³/mol.